The molecular formula is C12H19N3O. The molecule has 4 nitrogen and oxygen atoms in total. The molecule has 2 heterocycles. The highest BCUT2D eigenvalue weighted by atomic mass is 16.1. The summed E-state index contributed by atoms with van der Waals surface area (Å²) in [4.78, 5) is 18.3. The first-order valence-electron chi connectivity index (χ1n) is 5.48. The fourth-order valence-electron chi connectivity index (χ4n) is 1.62. The van der Waals surface area contributed by atoms with Crippen LogP contribution in [-0.2, 0) is 4.79 Å². The zero-order chi connectivity index (χ0) is 11.8. The predicted molar refractivity (Wildman–Crippen MR) is 64.0 cm³/mol. The van der Waals surface area contributed by atoms with Crippen LogP contribution in [0, 0.1) is 0 Å². The number of pyridine rings is 1. The number of likely N-dealkylation sites (N-methyl/N-ethyl adjacent to an activating group) is 1. The summed E-state index contributed by atoms with van der Waals surface area (Å²) >= 11 is 0. The van der Waals surface area contributed by atoms with Crippen molar-refractivity contribution in [3.8, 4) is 0 Å². The van der Waals surface area contributed by atoms with Gasteiger partial charge in [-0.1, -0.05) is 6.07 Å². The third-order valence-corrected chi connectivity index (χ3v) is 2.58. The molecule has 2 rings (SSSR count). The molecule has 16 heavy (non-hydrogen) atoms. The van der Waals surface area contributed by atoms with Crippen molar-refractivity contribution in [3.05, 3.63) is 30.6 Å². The summed E-state index contributed by atoms with van der Waals surface area (Å²) in [6.07, 6.45) is 4.44. The Bertz CT molecular complexity index is 265. The van der Waals surface area contributed by atoms with Crippen LogP contribution in [0.25, 0.3) is 0 Å². The number of carbonyl (C=O) groups is 1. The highest BCUT2D eigenvalue weighted by Crippen LogP contribution is 2.03. The molecule has 1 aromatic rings. The number of nitrogens with zero attached hydrogens (tertiary/aromatic N) is 3. The summed E-state index contributed by atoms with van der Waals surface area (Å²) in [7, 11) is 2.08. The highest BCUT2D eigenvalue weighted by Gasteiger charge is 2.18. The number of aromatic nitrogens is 1. The van der Waals surface area contributed by atoms with Gasteiger partial charge in [-0.25, -0.2) is 0 Å². The van der Waals surface area contributed by atoms with Crippen LogP contribution in [-0.4, -0.2) is 53.9 Å². The summed E-state index contributed by atoms with van der Waals surface area (Å²) in [6, 6.07) is 6.10. The monoisotopic (exact) mass is 221 g/mol. The standard InChI is InChI=1S/C7H14N2O.C5H5N/c1-7-5-8(2)3-4-9(7)6-10;1-2-4-6-5-3-1/h6-7H,3-5H2,1-2H3;1-5H. The lowest BCUT2D eigenvalue weighted by Gasteiger charge is -2.35. The number of carbonyl (C=O) groups excluding carboxylic acids is 1. The molecule has 1 aromatic heterocycles. The van der Waals surface area contributed by atoms with E-state index in [1.807, 2.05) is 23.1 Å². The number of hydrogen-bond donors (Lipinski definition) is 0. The van der Waals surface area contributed by atoms with Gasteiger partial charge in [-0.15, -0.1) is 0 Å². The van der Waals surface area contributed by atoms with Crippen LogP contribution in [0.3, 0.4) is 0 Å². The minimum Gasteiger partial charge on any atom is -0.340 e. The maximum Gasteiger partial charge on any atom is 0.210 e. The second-order valence-corrected chi connectivity index (χ2v) is 3.98. The molecule has 0 aliphatic carbocycles. The molecule has 0 radical (unpaired) electrons. The molecule has 1 unspecified atom stereocenters. The second kappa shape index (κ2) is 6.95. The van der Waals surface area contributed by atoms with Gasteiger partial charge in [-0.2, -0.15) is 0 Å². The number of rotatable bonds is 1. The molecule has 1 fully saturated rings. The molecule has 0 aromatic carbocycles. The Morgan fingerprint density at radius 1 is 1.25 bits per heavy atom. The number of hydrogen-bond acceptors (Lipinski definition) is 3. The maximum absolute atomic E-state index is 10.4. The Morgan fingerprint density at radius 2 is 1.94 bits per heavy atom. The van der Waals surface area contributed by atoms with Gasteiger partial charge in [0.05, 0.1) is 0 Å². The minimum absolute atomic E-state index is 0.385. The van der Waals surface area contributed by atoms with Crippen molar-refractivity contribution < 1.29 is 4.79 Å². The number of piperazine rings is 1. The first-order valence-corrected chi connectivity index (χ1v) is 5.48. The Hall–Kier alpha value is -1.42. The molecule has 0 N–H and O–H groups in total. The molecule has 88 valence electrons. The van der Waals surface area contributed by atoms with Crippen LogP contribution in [0.2, 0.25) is 0 Å². The van der Waals surface area contributed by atoms with E-state index < -0.39 is 0 Å². The van der Waals surface area contributed by atoms with E-state index in [2.05, 4.69) is 23.9 Å². The van der Waals surface area contributed by atoms with E-state index in [-0.39, 0.29) is 0 Å². The van der Waals surface area contributed by atoms with E-state index >= 15 is 0 Å². The van der Waals surface area contributed by atoms with Gasteiger partial charge in [0, 0.05) is 38.1 Å². The topological polar surface area (TPSA) is 36.4 Å². The molecule has 0 saturated carbocycles. The second-order valence-electron chi connectivity index (χ2n) is 3.98. The summed E-state index contributed by atoms with van der Waals surface area (Å²) in [5.74, 6) is 0. The van der Waals surface area contributed by atoms with Gasteiger partial charge < -0.3 is 9.80 Å². The van der Waals surface area contributed by atoms with Crippen molar-refractivity contribution in [2.45, 2.75) is 13.0 Å². The van der Waals surface area contributed by atoms with Crippen LogP contribution >= 0.6 is 0 Å². The van der Waals surface area contributed by atoms with Gasteiger partial charge in [-0.3, -0.25) is 9.78 Å². The molecule has 1 saturated heterocycles. The molecule has 1 aliphatic rings. The fraction of sp³-hybridized carbons (Fsp3) is 0.500. The molecule has 1 atom stereocenters. The third kappa shape index (κ3) is 4.40. The maximum atomic E-state index is 10.4. The van der Waals surface area contributed by atoms with Crippen LogP contribution in [0.4, 0.5) is 0 Å². The fourth-order valence-corrected chi connectivity index (χ4v) is 1.62. The van der Waals surface area contributed by atoms with Crippen molar-refractivity contribution in [3.63, 3.8) is 0 Å². The van der Waals surface area contributed by atoms with E-state index in [9.17, 15) is 4.79 Å². The quantitative estimate of drug-likeness (QED) is 0.660. The summed E-state index contributed by atoms with van der Waals surface area (Å²) in [5.41, 5.74) is 0. The zero-order valence-corrected chi connectivity index (χ0v) is 9.91. The molecule has 4 heteroatoms. The van der Waals surface area contributed by atoms with E-state index in [1.165, 1.54) is 0 Å². The summed E-state index contributed by atoms with van der Waals surface area (Å²) in [5, 5.41) is 0. The summed E-state index contributed by atoms with van der Waals surface area (Å²) in [6.45, 7) is 4.95. The largest absolute Gasteiger partial charge is 0.340 e. The molecule has 0 bridgehead atoms. The van der Waals surface area contributed by atoms with Crippen LogP contribution in [0.15, 0.2) is 30.6 Å². The van der Waals surface area contributed by atoms with Crippen molar-refractivity contribution >= 4 is 6.41 Å². The van der Waals surface area contributed by atoms with Crippen LogP contribution in [0.5, 0.6) is 0 Å². The Balaban J connectivity index is 0.000000181. The van der Waals surface area contributed by atoms with E-state index in [1.54, 1.807) is 12.4 Å². The third-order valence-electron chi connectivity index (χ3n) is 2.58. The lowest BCUT2D eigenvalue weighted by Crippen LogP contribution is -2.49. The van der Waals surface area contributed by atoms with Gasteiger partial charge in [0.15, 0.2) is 0 Å². The smallest absolute Gasteiger partial charge is 0.210 e. The van der Waals surface area contributed by atoms with Crippen molar-refractivity contribution in [2.24, 2.45) is 0 Å². The first kappa shape index (κ1) is 12.6. The molecule has 0 spiro atoms. The number of amides is 1. The summed E-state index contributed by atoms with van der Waals surface area (Å²) < 4.78 is 0. The van der Waals surface area contributed by atoms with Crippen LogP contribution in [0.1, 0.15) is 6.92 Å². The lowest BCUT2D eigenvalue weighted by molar-refractivity contribution is -0.121. The van der Waals surface area contributed by atoms with Crippen molar-refractivity contribution in [1.82, 2.24) is 14.8 Å². The van der Waals surface area contributed by atoms with Crippen molar-refractivity contribution in [1.29, 1.82) is 0 Å². The van der Waals surface area contributed by atoms with Gasteiger partial charge in [0.25, 0.3) is 0 Å². The lowest BCUT2D eigenvalue weighted by atomic mass is 10.2. The van der Waals surface area contributed by atoms with Gasteiger partial charge in [0.1, 0.15) is 0 Å². The Labute approximate surface area is 96.9 Å². The van der Waals surface area contributed by atoms with Crippen molar-refractivity contribution in [2.75, 3.05) is 26.7 Å². The molecule has 1 aliphatic heterocycles. The van der Waals surface area contributed by atoms with Gasteiger partial charge in [0.2, 0.25) is 6.41 Å². The normalized spacial score (nSPS) is 20.9. The van der Waals surface area contributed by atoms with E-state index in [0.29, 0.717) is 6.04 Å². The van der Waals surface area contributed by atoms with Crippen LogP contribution < -0.4 is 0 Å². The first-order chi connectivity index (χ1) is 7.74. The van der Waals surface area contributed by atoms with E-state index in [4.69, 9.17) is 0 Å². The average molecular weight is 221 g/mol. The van der Waals surface area contributed by atoms with Gasteiger partial charge >= 0.3 is 0 Å². The molecular weight excluding hydrogens is 202 g/mol. The minimum atomic E-state index is 0.385. The zero-order valence-electron chi connectivity index (χ0n) is 9.91. The Kier molecular flexibility index (Phi) is 5.50. The highest BCUT2D eigenvalue weighted by molar-refractivity contribution is 5.47. The Morgan fingerprint density at radius 3 is 2.31 bits per heavy atom. The average Bonchev–Trinajstić information content (AvgIpc) is 2.32. The van der Waals surface area contributed by atoms with Gasteiger partial charge in [-0.05, 0) is 26.1 Å². The SMILES string of the molecule is CC1CN(C)CCN1C=O.c1ccncc1. The predicted octanol–water partition coefficient (Wildman–Crippen LogP) is 0.860. The van der Waals surface area contributed by atoms with E-state index in [0.717, 1.165) is 26.0 Å². The molecule has 1 amide bonds.